The van der Waals surface area contributed by atoms with Crippen LogP contribution in [0.15, 0.2) is 5.38 Å². The first kappa shape index (κ1) is 14.9. The van der Waals surface area contributed by atoms with Crippen LogP contribution in [0.4, 0.5) is 0 Å². The first-order chi connectivity index (χ1) is 9.31. The molecule has 5 heteroatoms. The molecule has 0 aromatic carbocycles. The fourth-order valence-corrected chi connectivity index (χ4v) is 3.03. The summed E-state index contributed by atoms with van der Waals surface area (Å²) in [5, 5.41) is 6.79. The second kappa shape index (κ2) is 7.94. The van der Waals surface area contributed by atoms with Crippen molar-refractivity contribution in [2.24, 2.45) is 0 Å². The molecule has 0 aliphatic carbocycles. The molecule has 2 heterocycles. The minimum absolute atomic E-state index is 0.401. The predicted molar refractivity (Wildman–Crippen MR) is 79.4 cm³/mol. The molecule has 1 aromatic rings. The Balaban J connectivity index is 1.78. The lowest BCUT2D eigenvalue weighted by Crippen LogP contribution is -2.41. The fourth-order valence-electron chi connectivity index (χ4n) is 2.27. The normalized spacial score (nSPS) is 20.8. The van der Waals surface area contributed by atoms with E-state index >= 15 is 0 Å². The van der Waals surface area contributed by atoms with Gasteiger partial charge in [-0.1, -0.05) is 13.8 Å². The summed E-state index contributed by atoms with van der Waals surface area (Å²) in [5.41, 5.74) is 1.20. The molecular formula is C14H25N3OS. The van der Waals surface area contributed by atoms with Gasteiger partial charge < -0.3 is 10.1 Å². The molecule has 4 nitrogen and oxygen atoms in total. The van der Waals surface area contributed by atoms with Crippen LogP contribution in [0, 0.1) is 0 Å². The third kappa shape index (κ3) is 4.84. The molecule has 1 atom stereocenters. The summed E-state index contributed by atoms with van der Waals surface area (Å²) in [6.07, 6.45) is 2.67. The van der Waals surface area contributed by atoms with Gasteiger partial charge in [-0.05, 0) is 19.4 Å². The van der Waals surface area contributed by atoms with Crippen molar-refractivity contribution in [2.75, 3.05) is 26.2 Å². The van der Waals surface area contributed by atoms with E-state index in [1.165, 1.54) is 17.1 Å². The smallest absolute Gasteiger partial charge is 0.107 e. The van der Waals surface area contributed by atoms with Crippen LogP contribution < -0.4 is 5.32 Å². The topological polar surface area (TPSA) is 37.4 Å². The summed E-state index contributed by atoms with van der Waals surface area (Å²) in [6.45, 7) is 10.2. The summed E-state index contributed by atoms with van der Waals surface area (Å²) >= 11 is 1.76. The molecule has 108 valence electrons. The molecule has 0 amide bonds. The van der Waals surface area contributed by atoms with Gasteiger partial charge in [0.15, 0.2) is 0 Å². The molecule has 0 saturated carbocycles. The molecule has 2 rings (SSSR count). The number of ether oxygens (including phenoxy) is 1. The van der Waals surface area contributed by atoms with Crippen molar-refractivity contribution in [3.05, 3.63) is 16.1 Å². The lowest BCUT2D eigenvalue weighted by Gasteiger charge is -2.31. The number of rotatable bonds is 7. The predicted octanol–water partition coefficient (Wildman–Crippen LogP) is 2.25. The van der Waals surface area contributed by atoms with E-state index in [4.69, 9.17) is 9.72 Å². The van der Waals surface area contributed by atoms with Gasteiger partial charge in [-0.2, -0.15) is 0 Å². The van der Waals surface area contributed by atoms with Gasteiger partial charge in [0.25, 0.3) is 0 Å². The van der Waals surface area contributed by atoms with Gasteiger partial charge in [-0.3, -0.25) is 4.90 Å². The number of nitrogens with one attached hydrogen (secondary N) is 1. The molecule has 19 heavy (non-hydrogen) atoms. The van der Waals surface area contributed by atoms with Crippen molar-refractivity contribution in [3.8, 4) is 0 Å². The third-order valence-electron chi connectivity index (χ3n) is 3.37. The van der Waals surface area contributed by atoms with E-state index in [0.717, 1.165) is 45.8 Å². The van der Waals surface area contributed by atoms with Crippen LogP contribution in [0.25, 0.3) is 0 Å². The van der Waals surface area contributed by atoms with Crippen LogP contribution in [-0.4, -0.2) is 42.2 Å². The quantitative estimate of drug-likeness (QED) is 0.779. The third-order valence-corrected chi connectivity index (χ3v) is 4.26. The van der Waals surface area contributed by atoms with Crippen LogP contribution in [0.5, 0.6) is 0 Å². The monoisotopic (exact) mass is 283 g/mol. The summed E-state index contributed by atoms with van der Waals surface area (Å²) in [7, 11) is 0. The average Bonchev–Trinajstić information content (AvgIpc) is 2.87. The molecule has 1 aliphatic heterocycles. The average molecular weight is 283 g/mol. The maximum Gasteiger partial charge on any atom is 0.107 e. The van der Waals surface area contributed by atoms with Gasteiger partial charge in [-0.25, -0.2) is 4.98 Å². The molecule has 1 saturated heterocycles. The molecule has 1 fully saturated rings. The summed E-state index contributed by atoms with van der Waals surface area (Å²) in [4.78, 5) is 7.15. The van der Waals surface area contributed by atoms with E-state index in [-0.39, 0.29) is 0 Å². The standard InChI is InChI=1S/C14H25N3OS/c1-3-5-15-8-14-16-12(11-19-14)9-17-6-7-18-13(4-2)10-17/h11,13,15H,3-10H2,1-2H3. The Kier molecular flexibility index (Phi) is 6.23. The number of thiazole rings is 1. The van der Waals surface area contributed by atoms with E-state index in [9.17, 15) is 0 Å². The summed E-state index contributed by atoms with van der Waals surface area (Å²) in [6, 6.07) is 0. The SMILES string of the molecule is CCCNCc1nc(CN2CCOC(CC)C2)cs1. The molecule has 0 radical (unpaired) electrons. The van der Waals surface area contributed by atoms with E-state index in [1.807, 2.05) is 0 Å². The van der Waals surface area contributed by atoms with Crippen LogP contribution in [0.1, 0.15) is 37.4 Å². The number of nitrogens with zero attached hydrogens (tertiary/aromatic N) is 2. The molecule has 0 spiro atoms. The van der Waals surface area contributed by atoms with E-state index in [2.05, 4.69) is 29.4 Å². The molecule has 1 aliphatic rings. The Morgan fingerprint density at radius 2 is 2.42 bits per heavy atom. The van der Waals surface area contributed by atoms with Crippen LogP contribution in [-0.2, 0) is 17.8 Å². The van der Waals surface area contributed by atoms with Gasteiger partial charge >= 0.3 is 0 Å². The minimum Gasteiger partial charge on any atom is -0.376 e. The van der Waals surface area contributed by atoms with Crippen molar-refractivity contribution in [2.45, 2.75) is 45.9 Å². The second-order valence-corrected chi connectivity index (χ2v) is 5.99. The van der Waals surface area contributed by atoms with Crippen LogP contribution in [0.3, 0.4) is 0 Å². The molecule has 1 aromatic heterocycles. The zero-order valence-corrected chi connectivity index (χ0v) is 12.8. The number of aromatic nitrogens is 1. The molecule has 1 N–H and O–H groups in total. The summed E-state index contributed by atoms with van der Waals surface area (Å²) < 4.78 is 5.70. The Morgan fingerprint density at radius 3 is 3.21 bits per heavy atom. The van der Waals surface area contributed by atoms with Gasteiger partial charge in [0.2, 0.25) is 0 Å². The Morgan fingerprint density at radius 1 is 1.53 bits per heavy atom. The number of morpholine rings is 1. The minimum atomic E-state index is 0.401. The van der Waals surface area contributed by atoms with Gasteiger partial charge in [0.1, 0.15) is 5.01 Å². The van der Waals surface area contributed by atoms with Crippen molar-refractivity contribution < 1.29 is 4.74 Å². The highest BCUT2D eigenvalue weighted by Crippen LogP contribution is 2.15. The lowest BCUT2D eigenvalue weighted by molar-refractivity contribution is -0.0327. The number of hydrogen-bond donors (Lipinski definition) is 1. The van der Waals surface area contributed by atoms with Crippen molar-refractivity contribution in [1.29, 1.82) is 0 Å². The first-order valence-corrected chi connectivity index (χ1v) is 8.17. The molecule has 0 bridgehead atoms. The Hall–Kier alpha value is -0.490. The van der Waals surface area contributed by atoms with E-state index in [1.54, 1.807) is 11.3 Å². The van der Waals surface area contributed by atoms with Crippen molar-refractivity contribution in [1.82, 2.24) is 15.2 Å². The zero-order valence-electron chi connectivity index (χ0n) is 12.0. The van der Waals surface area contributed by atoms with Crippen LogP contribution in [0.2, 0.25) is 0 Å². The van der Waals surface area contributed by atoms with Crippen molar-refractivity contribution in [3.63, 3.8) is 0 Å². The van der Waals surface area contributed by atoms with Crippen molar-refractivity contribution >= 4 is 11.3 Å². The molecule has 1 unspecified atom stereocenters. The molecular weight excluding hydrogens is 258 g/mol. The highest BCUT2D eigenvalue weighted by atomic mass is 32.1. The van der Waals surface area contributed by atoms with Gasteiger partial charge in [-0.15, -0.1) is 11.3 Å². The second-order valence-electron chi connectivity index (χ2n) is 5.05. The van der Waals surface area contributed by atoms with E-state index < -0.39 is 0 Å². The lowest BCUT2D eigenvalue weighted by atomic mass is 10.2. The van der Waals surface area contributed by atoms with Crippen LogP contribution >= 0.6 is 11.3 Å². The zero-order chi connectivity index (χ0) is 13.5. The highest BCUT2D eigenvalue weighted by molar-refractivity contribution is 7.09. The first-order valence-electron chi connectivity index (χ1n) is 7.29. The van der Waals surface area contributed by atoms with Gasteiger partial charge in [0.05, 0.1) is 18.4 Å². The highest BCUT2D eigenvalue weighted by Gasteiger charge is 2.19. The van der Waals surface area contributed by atoms with E-state index in [0.29, 0.717) is 6.10 Å². The Bertz CT molecular complexity index is 369. The van der Waals surface area contributed by atoms with Gasteiger partial charge in [0, 0.05) is 31.6 Å². The summed E-state index contributed by atoms with van der Waals surface area (Å²) in [5.74, 6) is 0. The fraction of sp³-hybridized carbons (Fsp3) is 0.786. The largest absolute Gasteiger partial charge is 0.376 e. The maximum atomic E-state index is 5.70. The Labute approximate surface area is 120 Å². The maximum absolute atomic E-state index is 5.70. The number of hydrogen-bond acceptors (Lipinski definition) is 5.